The van der Waals surface area contributed by atoms with Crippen LogP contribution in [0.2, 0.25) is 5.02 Å². The first-order chi connectivity index (χ1) is 12.6. The molecule has 0 N–H and O–H groups in total. The van der Waals surface area contributed by atoms with Gasteiger partial charge in [0.05, 0.1) is 6.04 Å². The van der Waals surface area contributed by atoms with Crippen molar-refractivity contribution < 1.29 is 9.18 Å². The summed E-state index contributed by atoms with van der Waals surface area (Å²) in [6.45, 7) is 2.68. The number of rotatable bonds is 4. The molecule has 1 aliphatic carbocycles. The third kappa shape index (κ3) is 3.57. The zero-order chi connectivity index (χ0) is 18.1. The second-order valence-electron chi connectivity index (χ2n) is 6.88. The largest absolute Gasteiger partial charge is 0.340 e. The summed E-state index contributed by atoms with van der Waals surface area (Å²) in [4.78, 5) is 24.6. The zero-order valence-electron chi connectivity index (χ0n) is 14.3. The standard InChI is InChI=1S/C19H20ClFN4O/c20-15-3-4-16(17(21)9-15)18(14-10-22-12-23-11-14)24-5-7-25(8-6-24)19(26)13-1-2-13/h3-4,9-13,18H,1-2,5-8H2. The minimum absolute atomic E-state index is 0.230. The van der Waals surface area contributed by atoms with E-state index in [0.717, 1.165) is 18.4 Å². The maximum Gasteiger partial charge on any atom is 0.225 e. The second-order valence-corrected chi connectivity index (χ2v) is 7.31. The number of aromatic nitrogens is 2. The van der Waals surface area contributed by atoms with Gasteiger partial charge in [-0.05, 0) is 25.0 Å². The highest BCUT2D eigenvalue weighted by Crippen LogP contribution is 2.34. The van der Waals surface area contributed by atoms with Crippen LogP contribution in [0.3, 0.4) is 0 Å². The predicted molar refractivity (Wildman–Crippen MR) is 96.2 cm³/mol. The van der Waals surface area contributed by atoms with E-state index in [9.17, 15) is 9.18 Å². The predicted octanol–water partition coefficient (Wildman–Crippen LogP) is 2.91. The molecule has 26 heavy (non-hydrogen) atoms. The van der Waals surface area contributed by atoms with Crippen LogP contribution < -0.4 is 0 Å². The van der Waals surface area contributed by atoms with Crippen LogP contribution in [0.25, 0.3) is 0 Å². The number of hydrogen-bond acceptors (Lipinski definition) is 4. The van der Waals surface area contributed by atoms with E-state index in [0.29, 0.717) is 36.8 Å². The Labute approximate surface area is 156 Å². The Balaban J connectivity index is 1.59. The highest BCUT2D eigenvalue weighted by atomic mass is 35.5. The normalized spacial score (nSPS) is 19.4. The Morgan fingerprint density at radius 2 is 1.85 bits per heavy atom. The van der Waals surface area contributed by atoms with Crippen LogP contribution in [0, 0.1) is 11.7 Å². The first-order valence-corrected chi connectivity index (χ1v) is 9.24. The molecule has 1 aliphatic heterocycles. The number of halogens is 2. The third-order valence-corrected chi connectivity index (χ3v) is 5.31. The van der Waals surface area contributed by atoms with Crippen LogP contribution in [-0.4, -0.2) is 51.9 Å². The van der Waals surface area contributed by atoms with Crippen molar-refractivity contribution >= 4 is 17.5 Å². The van der Waals surface area contributed by atoms with Crippen molar-refractivity contribution in [2.45, 2.75) is 18.9 Å². The van der Waals surface area contributed by atoms with Gasteiger partial charge in [0.1, 0.15) is 12.1 Å². The zero-order valence-corrected chi connectivity index (χ0v) is 15.1. The van der Waals surface area contributed by atoms with Gasteiger partial charge in [0.15, 0.2) is 0 Å². The molecular formula is C19H20ClFN4O. The molecule has 1 aromatic heterocycles. The SMILES string of the molecule is O=C(C1CC1)N1CCN(C(c2cncnc2)c2ccc(Cl)cc2F)CC1. The maximum absolute atomic E-state index is 14.6. The van der Waals surface area contributed by atoms with Gasteiger partial charge in [-0.1, -0.05) is 17.7 Å². The summed E-state index contributed by atoms with van der Waals surface area (Å²) in [7, 11) is 0. The molecule has 0 bridgehead atoms. The minimum atomic E-state index is -0.345. The number of amides is 1. The van der Waals surface area contributed by atoms with Gasteiger partial charge in [0.2, 0.25) is 5.91 Å². The number of carbonyl (C=O) groups excluding carboxylic acids is 1. The van der Waals surface area contributed by atoms with E-state index in [1.807, 2.05) is 4.90 Å². The lowest BCUT2D eigenvalue weighted by atomic mass is 9.98. The monoisotopic (exact) mass is 374 g/mol. The van der Waals surface area contributed by atoms with Crippen molar-refractivity contribution in [3.63, 3.8) is 0 Å². The van der Waals surface area contributed by atoms with E-state index in [4.69, 9.17) is 11.6 Å². The summed E-state index contributed by atoms with van der Waals surface area (Å²) in [5.41, 5.74) is 1.38. The number of piperazine rings is 1. The topological polar surface area (TPSA) is 49.3 Å². The van der Waals surface area contributed by atoms with E-state index in [-0.39, 0.29) is 23.7 Å². The Bertz CT molecular complexity index is 791. The average molecular weight is 375 g/mol. The molecule has 1 saturated heterocycles. The van der Waals surface area contributed by atoms with Crippen molar-refractivity contribution in [2.75, 3.05) is 26.2 Å². The number of carbonyl (C=O) groups is 1. The van der Waals surface area contributed by atoms with E-state index >= 15 is 0 Å². The highest BCUT2D eigenvalue weighted by Gasteiger charge is 2.36. The fraction of sp³-hybridized carbons (Fsp3) is 0.421. The molecule has 1 aromatic carbocycles. The molecule has 0 radical (unpaired) electrons. The summed E-state index contributed by atoms with van der Waals surface area (Å²) >= 11 is 5.92. The molecule has 4 rings (SSSR count). The van der Waals surface area contributed by atoms with Gasteiger partial charge >= 0.3 is 0 Å². The first kappa shape index (κ1) is 17.4. The van der Waals surface area contributed by atoms with Crippen molar-refractivity contribution in [1.82, 2.24) is 19.8 Å². The molecule has 1 amide bonds. The van der Waals surface area contributed by atoms with Crippen LogP contribution in [0.15, 0.2) is 36.9 Å². The van der Waals surface area contributed by atoms with Crippen LogP contribution in [0.4, 0.5) is 4.39 Å². The number of benzene rings is 1. The maximum atomic E-state index is 14.6. The summed E-state index contributed by atoms with van der Waals surface area (Å²) in [6, 6.07) is 4.45. The van der Waals surface area contributed by atoms with E-state index in [1.165, 1.54) is 12.4 Å². The third-order valence-electron chi connectivity index (χ3n) is 5.07. The molecule has 1 unspecified atom stereocenters. The lowest BCUT2D eigenvalue weighted by molar-refractivity contribution is -0.134. The van der Waals surface area contributed by atoms with Gasteiger partial charge in [0, 0.05) is 60.6 Å². The molecule has 7 heteroatoms. The lowest BCUT2D eigenvalue weighted by Gasteiger charge is -2.39. The molecule has 2 aliphatic rings. The summed E-state index contributed by atoms with van der Waals surface area (Å²) in [5.74, 6) is 0.151. The van der Waals surface area contributed by atoms with Gasteiger partial charge < -0.3 is 4.90 Å². The molecule has 2 aromatic rings. The molecule has 0 spiro atoms. The summed E-state index contributed by atoms with van der Waals surface area (Å²) in [5, 5.41) is 0.370. The smallest absolute Gasteiger partial charge is 0.225 e. The van der Waals surface area contributed by atoms with Gasteiger partial charge in [-0.2, -0.15) is 0 Å². The first-order valence-electron chi connectivity index (χ1n) is 8.86. The van der Waals surface area contributed by atoms with Crippen LogP contribution >= 0.6 is 11.6 Å². The summed E-state index contributed by atoms with van der Waals surface area (Å²) in [6.07, 6.45) is 6.92. The van der Waals surface area contributed by atoms with E-state index < -0.39 is 0 Å². The average Bonchev–Trinajstić information content (AvgIpc) is 3.50. The highest BCUT2D eigenvalue weighted by molar-refractivity contribution is 6.30. The second kappa shape index (κ2) is 7.29. The van der Waals surface area contributed by atoms with Gasteiger partial charge in [-0.15, -0.1) is 0 Å². The Morgan fingerprint density at radius 1 is 1.15 bits per heavy atom. The molecule has 1 atom stereocenters. The minimum Gasteiger partial charge on any atom is -0.340 e. The van der Waals surface area contributed by atoms with Crippen molar-refractivity contribution in [1.29, 1.82) is 0 Å². The van der Waals surface area contributed by atoms with Crippen molar-refractivity contribution in [3.8, 4) is 0 Å². The number of nitrogens with zero attached hydrogens (tertiary/aromatic N) is 4. The molecule has 2 heterocycles. The number of hydrogen-bond donors (Lipinski definition) is 0. The summed E-state index contributed by atoms with van der Waals surface area (Å²) < 4.78 is 14.6. The Morgan fingerprint density at radius 3 is 2.46 bits per heavy atom. The van der Waals surface area contributed by atoms with Crippen molar-refractivity contribution in [2.24, 2.45) is 5.92 Å². The molecular weight excluding hydrogens is 355 g/mol. The molecule has 5 nitrogen and oxygen atoms in total. The fourth-order valence-corrected chi connectivity index (χ4v) is 3.71. The molecule has 136 valence electrons. The lowest BCUT2D eigenvalue weighted by Crippen LogP contribution is -2.50. The van der Waals surface area contributed by atoms with Gasteiger partial charge in [0.25, 0.3) is 0 Å². The van der Waals surface area contributed by atoms with Gasteiger partial charge in [-0.25, -0.2) is 14.4 Å². The van der Waals surface area contributed by atoms with Crippen molar-refractivity contribution in [3.05, 3.63) is 58.9 Å². The van der Waals surface area contributed by atoms with E-state index in [1.54, 1.807) is 24.5 Å². The van der Waals surface area contributed by atoms with Crippen LogP contribution in [0.5, 0.6) is 0 Å². The molecule has 2 fully saturated rings. The Kier molecular flexibility index (Phi) is 4.87. The van der Waals surface area contributed by atoms with Crippen LogP contribution in [0.1, 0.15) is 30.0 Å². The molecule has 1 saturated carbocycles. The van der Waals surface area contributed by atoms with E-state index in [2.05, 4.69) is 14.9 Å². The fourth-order valence-electron chi connectivity index (χ4n) is 3.55. The quantitative estimate of drug-likeness (QED) is 0.825. The van der Waals surface area contributed by atoms with Crippen LogP contribution in [-0.2, 0) is 4.79 Å². The Hall–Kier alpha value is -2.05. The van der Waals surface area contributed by atoms with Gasteiger partial charge in [-0.3, -0.25) is 9.69 Å².